The molecule has 0 spiro atoms. The average Bonchev–Trinajstić information content (AvgIpc) is 2.83. The minimum atomic E-state index is -0.984. The first-order valence-electron chi connectivity index (χ1n) is 6.15. The van der Waals surface area contributed by atoms with E-state index >= 15 is 0 Å². The van der Waals surface area contributed by atoms with Gasteiger partial charge in [-0.15, -0.1) is 0 Å². The second-order valence-corrected chi connectivity index (χ2v) is 4.35. The Labute approximate surface area is 115 Å². The van der Waals surface area contributed by atoms with Crippen LogP contribution in [0.15, 0.2) is 18.2 Å². The van der Waals surface area contributed by atoms with Gasteiger partial charge in [-0.25, -0.2) is 4.98 Å². The fourth-order valence-corrected chi connectivity index (χ4v) is 1.94. The molecule has 0 bridgehead atoms. The summed E-state index contributed by atoms with van der Waals surface area (Å²) in [5.74, 6) is -0.207. The molecule has 2 aromatic rings. The molecule has 106 valence electrons. The van der Waals surface area contributed by atoms with Crippen molar-refractivity contribution in [3.63, 3.8) is 0 Å². The van der Waals surface area contributed by atoms with Crippen LogP contribution in [0, 0.1) is 6.92 Å². The molecule has 1 heterocycles. The van der Waals surface area contributed by atoms with Gasteiger partial charge in [0.2, 0.25) is 5.91 Å². The summed E-state index contributed by atoms with van der Waals surface area (Å²) in [5.41, 5.74) is 1.64. The molecule has 2 rings (SSSR count). The van der Waals surface area contributed by atoms with Gasteiger partial charge in [0.1, 0.15) is 17.4 Å². The fourth-order valence-electron chi connectivity index (χ4n) is 1.94. The molecular weight excluding hydrogens is 260 g/mol. The van der Waals surface area contributed by atoms with E-state index < -0.39 is 24.5 Å². The van der Waals surface area contributed by atoms with E-state index in [4.69, 9.17) is 5.11 Å². The van der Waals surface area contributed by atoms with Crippen molar-refractivity contribution in [3.8, 4) is 0 Å². The van der Waals surface area contributed by atoms with Crippen LogP contribution in [0.4, 0.5) is 0 Å². The zero-order valence-corrected chi connectivity index (χ0v) is 11.2. The Kier molecular flexibility index (Phi) is 3.99. The minimum absolute atomic E-state index is 0.356. The zero-order chi connectivity index (χ0) is 14.7. The van der Waals surface area contributed by atoms with Crippen molar-refractivity contribution in [3.05, 3.63) is 29.6 Å². The molecule has 0 radical (unpaired) electrons. The number of aryl methyl sites for hydroxylation is 1. The minimum Gasteiger partial charge on any atom is -0.394 e. The van der Waals surface area contributed by atoms with E-state index in [9.17, 15) is 9.59 Å². The lowest BCUT2D eigenvalue weighted by Gasteiger charge is -2.14. The van der Waals surface area contributed by atoms with Crippen LogP contribution in [-0.2, 0) is 4.79 Å². The van der Waals surface area contributed by atoms with Gasteiger partial charge in [0.05, 0.1) is 17.7 Å². The quantitative estimate of drug-likeness (QED) is 0.615. The first-order valence-corrected chi connectivity index (χ1v) is 6.15. The fraction of sp³-hybridized carbons (Fsp3) is 0.308. The van der Waals surface area contributed by atoms with E-state index in [1.54, 1.807) is 19.1 Å². The molecule has 1 unspecified atom stereocenters. The molecule has 2 amide bonds. The third-order valence-corrected chi connectivity index (χ3v) is 2.93. The normalized spacial score (nSPS) is 12.2. The molecule has 1 aromatic heterocycles. The number of fused-ring (bicyclic) bond motifs is 1. The van der Waals surface area contributed by atoms with Crippen LogP contribution in [0.2, 0.25) is 0 Å². The molecule has 0 aliphatic heterocycles. The average molecular weight is 276 g/mol. The topological polar surface area (TPSA) is 107 Å². The number of aromatic amines is 1. The summed E-state index contributed by atoms with van der Waals surface area (Å²) in [7, 11) is 1.44. The number of amides is 2. The van der Waals surface area contributed by atoms with Crippen LogP contribution < -0.4 is 10.6 Å². The Hall–Kier alpha value is -2.41. The van der Waals surface area contributed by atoms with Crippen molar-refractivity contribution in [2.24, 2.45) is 0 Å². The molecule has 1 aromatic carbocycles. The van der Waals surface area contributed by atoms with Gasteiger partial charge in [0, 0.05) is 7.05 Å². The Morgan fingerprint density at radius 3 is 2.85 bits per heavy atom. The highest BCUT2D eigenvalue weighted by Crippen LogP contribution is 2.16. The number of para-hydroxylation sites is 1. The summed E-state index contributed by atoms with van der Waals surface area (Å²) in [6, 6.07) is 4.18. The second-order valence-electron chi connectivity index (χ2n) is 4.35. The predicted octanol–water partition coefficient (Wildman–Crippen LogP) is -0.292. The standard InChI is InChI=1S/C13H16N4O3/c1-7-15-9-5-3-4-8(11(9)16-7)12(19)17-10(6-18)13(20)14-2/h3-5,10,18H,6H2,1-2H3,(H,14,20)(H,15,16)(H,17,19). The third kappa shape index (κ3) is 2.62. The number of aliphatic hydroxyl groups is 1. The molecule has 1 atom stereocenters. The number of aliphatic hydroxyl groups excluding tert-OH is 1. The Balaban J connectivity index is 2.29. The predicted molar refractivity (Wildman–Crippen MR) is 73.2 cm³/mol. The number of imidazole rings is 1. The highest BCUT2D eigenvalue weighted by molar-refractivity contribution is 6.06. The number of hydrogen-bond donors (Lipinski definition) is 4. The van der Waals surface area contributed by atoms with Gasteiger partial charge in [-0.05, 0) is 19.1 Å². The Morgan fingerprint density at radius 1 is 1.45 bits per heavy atom. The zero-order valence-electron chi connectivity index (χ0n) is 11.2. The third-order valence-electron chi connectivity index (χ3n) is 2.93. The number of aromatic nitrogens is 2. The molecule has 7 heteroatoms. The van der Waals surface area contributed by atoms with Crippen LogP contribution in [-0.4, -0.2) is 46.6 Å². The van der Waals surface area contributed by atoms with Crippen molar-refractivity contribution in [2.75, 3.05) is 13.7 Å². The number of rotatable bonds is 4. The summed E-state index contributed by atoms with van der Waals surface area (Å²) < 4.78 is 0. The van der Waals surface area contributed by atoms with Gasteiger partial charge in [0.15, 0.2) is 0 Å². The van der Waals surface area contributed by atoms with Crippen molar-refractivity contribution >= 4 is 22.8 Å². The van der Waals surface area contributed by atoms with Gasteiger partial charge in [-0.2, -0.15) is 0 Å². The summed E-state index contributed by atoms with van der Waals surface area (Å²) in [4.78, 5) is 31.0. The van der Waals surface area contributed by atoms with Gasteiger partial charge < -0.3 is 20.7 Å². The lowest BCUT2D eigenvalue weighted by Crippen LogP contribution is -2.48. The van der Waals surface area contributed by atoms with E-state index in [1.165, 1.54) is 7.05 Å². The molecule has 0 saturated heterocycles. The van der Waals surface area contributed by atoms with E-state index in [1.807, 2.05) is 6.07 Å². The van der Waals surface area contributed by atoms with E-state index in [0.717, 1.165) is 5.52 Å². The summed E-state index contributed by atoms with van der Waals surface area (Å²) in [6.07, 6.45) is 0. The lowest BCUT2D eigenvalue weighted by molar-refractivity contribution is -0.123. The van der Waals surface area contributed by atoms with E-state index in [0.29, 0.717) is 16.9 Å². The van der Waals surface area contributed by atoms with Gasteiger partial charge in [-0.1, -0.05) is 6.07 Å². The van der Waals surface area contributed by atoms with Gasteiger partial charge in [-0.3, -0.25) is 9.59 Å². The number of benzene rings is 1. The molecule has 0 fully saturated rings. The number of nitrogens with zero attached hydrogens (tertiary/aromatic N) is 1. The largest absolute Gasteiger partial charge is 0.394 e. The Morgan fingerprint density at radius 2 is 2.20 bits per heavy atom. The smallest absolute Gasteiger partial charge is 0.254 e. The number of hydrogen-bond acceptors (Lipinski definition) is 4. The maximum absolute atomic E-state index is 12.2. The molecule has 20 heavy (non-hydrogen) atoms. The maximum Gasteiger partial charge on any atom is 0.254 e. The highest BCUT2D eigenvalue weighted by Gasteiger charge is 2.21. The molecule has 0 aliphatic rings. The van der Waals surface area contributed by atoms with Crippen LogP contribution in [0.3, 0.4) is 0 Å². The number of nitrogens with one attached hydrogen (secondary N) is 3. The van der Waals surface area contributed by atoms with Gasteiger partial charge >= 0.3 is 0 Å². The number of carbonyl (C=O) groups excluding carboxylic acids is 2. The molecule has 0 saturated carbocycles. The molecule has 7 nitrogen and oxygen atoms in total. The van der Waals surface area contributed by atoms with Crippen LogP contribution in [0.5, 0.6) is 0 Å². The first kappa shape index (κ1) is 14.0. The molecule has 4 N–H and O–H groups in total. The van der Waals surface area contributed by atoms with Crippen LogP contribution in [0.25, 0.3) is 11.0 Å². The first-order chi connectivity index (χ1) is 9.56. The molecular formula is C13H16N4O3. The van der Waals surface area contributed by atoms with E-state index in [-0.39, 0.29) is 0 Å². The van der Waals surface area contributed by atoms with Crippen molar-refractivity contribution in [1.29, 1.82) is 0 Å². The summed E-state index contributed by atoms with van der Waals surface area (Å²) >= 11 is 0. The Bertz CT molecular complexity index is 650. The maximum atomic E-state index is 12.2. The summed E-state index contributed by atoms with van der Waals surface area (Å²) in [6.45, 7) is 1.32. The van der Waals surface area contributed by atoms with Crippen molar-refractivity contribution < 1.29 is 14.7 Å². The SMILES string of the molecule is CNC(=O)C(CO)NC(=O)c1cccc2[nH]c(C)nc12. The monoisotopic (exact) mass is 276 g/mol. The second kappa shape index (κ2) is 5.70. The summed E-state index contributed by atoms with van der Waals surface area (Å²) in [5, 5.41) is 14.0. The number of likely N-dealkylation sites (N-methyl/N-ethyl adjacent to an activating group) is 1. The number of H-pyrrole nitrogens is 1. The van der Waals surface area contributed by atoms with Crippen molar-refractivity contribution in [2.45, 2.75) is 13.0 Å². The van der Waals surface area contributed by atoms with E-state index in [2.05, 4.69) is 20.6 Å². The molecule has 0 aliphatic carbocycles. The van der Waals surface area contributed by atoms with Crippen molar-refractivity contribution in [1.82, 2.24) is 20.6 Å². The van der Waals surface area contributed by atoms with Gasteiger partial charge in [0.25, 0.3) is 5.91 Å². The highest BCUT2D eigenvalue weighted by atomic mass is 16.3. The van der Waals surface area contributed by atoms with Crippen LogP contribution in [0.1, 0.15) is 16.2 Å². The van der Waals surface area contributed by atoms with Crippen LogP contribution >= 0.6 is 0 Å². The lowest BCUT2D eigenvalue weighted by atomic mass is 10.1. The number of carbonyl (C=O) groups is 2.